The number of pyridine rings is 1. The normalized spacial score (nSPS) is 17.7. The van der Waals surface area contributed by atoms with Crippen LogP contribution in [0.4, 0.5) is 13.2 Å². The summed E-state index contributed by atoms with van der Waals surface area (Å²) < 4.78 is 47.3. The number of nitrogens with zero attached hydrogens (tertiary/aromatic N) is 4. The van der Waals surface area contributed by atoms with E-state index < -0.39 is 35.0 Å². The number of rotatable bonds is 5. The maximum Gasteiger partial charge on any atom is 0.437 e. The van der Waals surface area contributed by atoms with E-state index >= 15 is 0 Å². The van der Waals surface area contributed by atoms with Crippen molar-refractivity contribution in [2.75, 3.05) is 0 Å². The maximum absolute atomic E-state index is 13.7. The number of alkyl halides is 3. The molecule has 5 rings (SSSR count). The fourth-order valence-electron chi connectivity index (χ4n) is 4.29. The molecule has 14 heteroatoms. The van der Waals surface area contributed by atoms with E-state index in [4.69, 9.17) is 21.6 Å². The molecule has 0 bridgehead atoms. The van der Waals surface area contributed by atoms with E-state index in [2.05, 4.69) is 25.8 Å². The molecule has 194 valence electrons. The van der Waals surface area contributed by atoms with Crippen LogP contribution in [0, 0.1) is 17.2 Å². The van der Waals surface area contributed by atoms with E-state index in [1.54, 1.807) is 18.5 Å². The first-order valence-electron chi connectivity index (χ1n) is 11.2. The molecule has 38 heavy (non-hydrogen) atoms. The Labute approximate surface area is 217 Å². The summed E-state index contributed by atoms with van der Waals surface area (Å²) in [5.41, 5.74) is 4.34. The van der Waals surface area contributed by atoms with Crippen molar-refractivity contribution in [1.82, 2.24) is 30.4 Å². The van der Waals surface area contributed by atoms with Gasteiger partial charge in [-0.05, 0) is 42.3 Å². The van der Waals surface area contributed by atoms with Crippen molar-refractivity contribution in [3.8, 4) is 17.6 Å². The quantitative estimate of drug-likeness (QED) is 0.348. The first-order valence-corrected chi connectivity index (χ1v) is 11.5. The standard InChI is InChI=1S/C24H17ClF3N7O3/c25-14-5-12(9-29)6-15(8-14)38-19-20(24(26,27)28)32-11-35(23(19)37)10-13-7-18(33-34-22(13)36)16-1-3-30-21-17(16)2-4-31-21/h1-6,8,11,13,18,33H,7,10H2,(H,30,31)(H,34,36). The van der Waals surface area contributed by atoms with E-state index in [-0.39, 0.29) is 35.3 Å². The Morgan fingerprint density at radius 3 is 2.79 bits per heavy atom. The number of carbonyl (C=O) groups excluding carboxylic acids is 1. The fraction of sp³-hybridized carbons (Fsp3) is 0.208. The van der Waals surface area contributed by atoms with E-state index in [0.29, 0.717) is 5.65 Å². The molecule has 1 amide bonds. The summed E-state index contributed by atoms with van der Waals surface area (Å²) in [6.07, 6.45) is -0.695. The lowest BCUT2D eigenvalue weighted by Crippen LogP contribution is -2.51. The number of carbonyl (C=O) groups is 1. The third-order valence-corrected chi connectivity index (χ3v) is 6.25. The Balaban J connectivity index is 1.47. The Hall–Kier alpha value is -4.41. The van der Waals surface area contributed by atoms with Crippen LogP contribution < -0.4 is 21.1 Å². The molecule has 1 aliphatic rings. The minimum absolute atomic E-state index is 0.0235. The molecule has 4 heterocycles. The van der Waals surface area contributed by atoms with Gasteiger partial charge in [0.05, 0.1) is 29.9 Å². The van der Waals surface area contributed by atoms with Gasteiger partial charge in [0.2, 0.25) is 11.7 Å². The number of benzene rings is 1. The number of nitriles is 1. The van der Waals surface area contributed by atoms with Crippen molar-refractivity contribution in [1.29, 1.82) is 5.26 Å². The molecular weight excluding hydrogens is 527 g/mol. The Morgan fingerprint density at radius 2 is 2.03 bits per heavy atom. The minimum Gasteiger partial charge on any atom is -0.449 e. The zero-order valence-corrected chi connectivity index (χ0v) is 20.0. The number of H-pyrrole nitrogens is 1. The number of amides is 1. The SMILES string of the molecule is N#Cc1cc(Cl)cc(Oc2c(C(F)(F)F)ncn(CC3CC(c4ccnc5[nH]ccc45)NNC3=O)c2=O)c1. The highest BCUT2D eigenvalue weighted by Gasteiger charge is 2.39. The first-order chi connectivity index (χ1) is 18.1. The number of hydrazine groups is 1. The zero-order chi connectivity index (χ0) is 27.0. The minimum atomic E-state index is -5.01. The number of ether oxygens (including phenoxy) is 1. The summed E-state index contributed by atoms with van der Waals surface area (Å²) in [6.45, 7) is -0.259. The summed E-state index contributed by atoms with van der Waals surface area (Å²) in [4.78, 5) is 36.5. The van der Waals surface area contributed by atoms with Crippen LogP contribution in [-0.2, 0) is 17.5 Å². The van der Waals surface area contributed by atoms with E-state index in [1.165, 1.54) is 12.1 Å². The van der Waals surface area contributed by atoms with Gasteiger partial charge < -0.3 is 9.72 Å². The van der Waals surface area contributed by atoms with Gasteiger partial charge in [-0.3, -0.25) is 19.6 Å². The van der Waals surface area contributed by atoms with Gasteiger partial charge >= 0.3 is 6.18 Å². The fourth-order valence-corrected chi connectivity index (χ4v) is 4.52. The topological polar surface area (TPSA) is 138 Å². The maximum atomic E-state index is 13.7. The summed E-state index contributed by atoms with van der Waals surface area (Å²) in [5, 5.41) is 9.99. The molecule has 4 aromatic rings. The second-order valence-corrected chi connectivity index (χ2v) is 8.96. The molecule has 1 fully saturated rings. The number of hydrogen-bond donors (Lipinski definition) is 3. The van der Waals surface area contributed by atoms with Gasteiger partial charge in [0, 0.05) is 29.3 Å². The predicted octanol–water partition coefficient (Wildman–Crippen LogP) is 3.84. The molecule has 10 nitrogen and oxygen atoms in total. The molecule has 1 aromatic carbocycles. The van der Waals surface area contributed by atoms with E-state index in [9.17, 15) is 22.8 Å². The lowest BCUT2D eigenvalue weighted by atomic mass is 9.91. The molecule has 0 radical (unpaired) electrons. The van der Waals surface area contributed by atoms with Crippen LogP contribution in [0.5, 0.6) is 11.5 Å². The number of aromatic amines is 1. The van der Waals surface area contributed by atoms with Gasteiger partial charge in [-0.25, -0.2) is 15.4 Å². The molecular formula is C24H17ClF3N7O3. The van der Waals surface area contributed by atoms with Crippen molar-refractivity contribution in [2.45, 2.75) is 25.2 Å². The molecule has 2 atom stereocenters. The van der Waals surface area contributed by atoms with Crippen molar-refractivity contribution in [2.24, 2.45) is 5.92 Å². The lowest BCUT2D eigenvalue weighted by Gasteiger charge is -2.31. The largest absolute Gasteiger partial charge is 0.449 e. The van der Waals surface area contributed by atoms with Crippen LogP contribution in [0.15, 0.2) is 53.8 Å². The zero-order valence-electron chi connectivity index (χ0n) is 19.2. The van der Waals surface area contributed by atoms with Gasteiger partial charge in [0.1, 0.15) is 11.4 Å². The number of hydrogen-bond acceptors (Lipinski definition) is 7. The van der Waals surface area contributed by atoms with Gasteiger partial charge in [-0.2, -0.15) is 18.4 Å². The summed E-state index contributed by atoms with van der Waals surface area (Å²) in [7, 11) is 0. The van der Waals surface area contributed by atoms with E-state index in [1.807, 2.05) is 12.1 Å². The molecule has 2 unspecified atom stereocenters. The number of fused-ring (bicyclic) bond motifs is 1. The Kier molecular flexibility index (Phi) is 6.52. The highest BCUT2D eigenvalue weighted by molar-refractivity contribution is 6.30. The average Bonchev–Trinajstić information content (AvgIpc) is 3.36. The van der Waals surface area contributed by atoms with Gasteiger partial charge in [-0.15, -0.1) is 0 Å². The molecule has 1 aliphatic heterocycles. The molecule has 3 aromatic heterocycles. The average molecular weight is 544 g/mol. The van der Waals surface area contributed by atoms with Gasteiger partial charge in [0.15, 0.2) is 5.69 Å². The number of aromatic nitrogens is 4. The van der Waals surface area contributed by atoms with Crippen molar-refractivity contribution < 1.29 is 22.7 Å². The second-order valence-electron chi connectivity index (χ2n) is 8.53. The van der Waals surface area contributed by atoms with Gasteiger partial charge in [0.25, 0.3) is 5.56 Å². The van der Waals surface area contributed by atoms with Gasteiger partial charge in [-0.1, -0.05) is 11.6 Å². The lowest BCUT2D eigenvalue weighted by molar-refractivity contribution is -0.142. The number of nitrogens with one attached hydrogen (secondary N) is 3. The summed E-state index contributed by atoms with van der Waals surface area (Å²) >= 11 is 5.93. The monoisotopic (exact) mass is 543 g/mol. The van der Waals surface area contributed by atoms with Crippen LogP contribution in [0.1, 0.15) is 29.3 Å². The van der Waals surface area contributed by atoms with Crippen molar-refractivity contribution in [3.63, 3.8) is 0 Å². The van der Waals surface area contributed by atoms with E-state index in [0.717, 1.165) is 27.9 Å². The highest BCUT2D eigenvalue weighted by Crippen LogP contribution is 2.35. The van der Waals surface area contributed by atoms with Crippen LogP contribution in [0.3, 0.4) is 0 Å². The third kappa shape index (κ3) is 4.91. The second kappa shape index (κ2) is 9.81. The Bertz CT molecular complexity index is 1640. The van der Waals surface area contributed by atoms with Crippen LogP contribution in [0.2, 0.25) is 5.02 Å². The van der Waals surface area contributed by atoms with Crippen molar-refractivity contribution >= 4 is 28.5 Å². The van der Waals surface area contributed by atoms with Crippen molar-refractivity contribution in [3.05, 3.63) is 81.3 Å². The first kappa shape index (κ1) is 25.2. The Morgan fingerprint density at radius 1 is 1.21 bits per heavy atom. The summed E-state index contributed by atoms with van der Waals surface area (Å²) in [5.74, 6) is -2.57. The predicted molar refractivity (Wildman–Crippen MR) is 128 cm³/mol. The highest BCUT2D eigenvalue weighted by atomic mass is 35.5. The van der Waals surface area contributed by atoms with Crippen LogP contribution >= 0.6 is 11.6 Å². The smallest absolute Gasteiger partial charge is 0.437 e. The third-order valence-electron chi connectivity index (χ3n) is 6.03. The molecule has 0 saturated carbocycles. The molecule has 1 saturated heterocycles. The molecule has 0 aliphatic carbocycles. The molecule has 3 N–H and O–H groups in total. The summed E-state index contributed by atoms with van der Waals surface area (Å²) in [6, 6.07) is 8.68. The number of halogens is 4. The molecule has 0 spiro atoms. The van der Waals surface area contributed by atoms with Crippen LogP contribution in [0.25, 0.3) is 11.0 Å². The van der Waals surface area contributed by atoms with Crippen LogP contribution in [-0.4, -0.2) is 25.4 Å².